The minimum absolute atomic E-state index is 0.0898. The highest BCUT2D eigenvalue weighted by atomic mass is 16.6. The monoisotopic (exact) mass is 812 g/mol. The van der Waals surface area contributed by atoms with Crippen molar-refractivity contribution >= 4 is 34.5 Å². The van der Waals surface area contributed by atoms with Gasteiger partial charge in [0.05, 0.1) is 33.0 Å². The van der Waals surface area contributed by atoms with Gasteiger partial charge in [-0.25, -0.2) is 4.79 Å². The summed E-state index contributed by atoms with van der Waals surface area (Å²) in [5, 5.41) is 26.4. The first-order valence-electron chi connectivity index (χ1n) is 21.5. The molecule has 59 heavy (non-hydrogen) atoms. The lowest BCUT2D eigenvalue weighted by Crippen LogP contribution is -2.82. The van der Waals surface area contributed by atoms with Gasteiger partial charge in [-0.2, -0.15) is 0 Å². The normalized spacial score (nSPS) is 37.2. The number of anilines is 1. The van der Waals surface area contributed by atoms with Crippen LogP contribution < -0.4 is 9.64 Å². The number of likely N-dealkylation sites (N-methyl/N-ethyl adjacent to an activating group) is 1. The molecule has 5 aliphatic heterocycles. The summed E-state index contributed by atoms with van der Waals surface area (Å²) < 4.78 is 24.0. The summed E-state index contributed by atoms with van der Waals surface area (Å²) in [6.07, 6.45) is 3.53. The molecule has 0 radical (unpaired) electrons. The fraction of sp³-hybridized carbons (Fsp3) is 0.630. The zero-order valence-corrected chi connectivity index (χ0v) is 35.6. The van der Waals surface area contributed by atoms with Crippen LogP contribution in [0.15, 0.2) is 36.4 Å². The van der Waals surface area contributed by atoms with Crippen LogP contribution in [0.4, 0.5) is 5.69 Å². The Morgan fingerprint density at radius 3 is 2.37 bits per heavy atom. The number of para-hydroxylation sites is 1. The molecule has 3 N–H and O–H groups in total. The predicted molar refractivity (Wildman–Crippen MR) is 221 cm³/mol. The molecule has 0 amide bonds. The van der Waals surface area contributed by atoms with Crippen LogP contribution in [0.1, 0.15) is 88.1 Å². The average Bonchev–Trinajstić information content (AvgIpc) is 3.89. The minimum Gasteiger partial charge on any atom is -0.496 e. The van der Waals surface area contributed by atoms with Crippen molar-refractivity contribution in [1.29, 1.82) is 0 Å². The number of esters is 3. The second-order valence-electron chi connectivity index (χ2n) is 18.6. The van der Waals surface area contributed by atoms with Gasteiger partial charge in [0.15, 0.2) is 6.10 Å². The van der Waals surface area contributed by atoms with Crippen LogP contribution in [-0.2, 0) is 45.8 Å². The number of benzene rings is 2. The number of aromatic nitrogens is 1. The SMILES string of the molecule is CC[C@]1(O)C[C@H]2CN(CCc3c([nH]c4ccccc34)[C@@](C(=O)OC)(c3cc4c(cc3OC)N(C)[C@H]3[C@@](O)(C(=O)OC)[C@@H](OC(C)=O)[C@]5(CC)CCN6CCC[C@]43[C@@H]65)C2)C1. The van der Waals surface area contributed by atoms with Crippen LogP contribution in [0.2, 0.25) is 0 Å². The molecule has 1 spiro atoms. The Morgan fingerprint density at radius 2 is 1.68 bits per heavy atom. The van der Waals surface area contributed by atoms with E-state index in [1.165, 1.54) is 21.1 Å². The standard InChI is InChI=1S/C46H60N4O9/c1-8-42(54)23-28-24-45(40(52)57-6,36-30(15-19-49(25-28)26-42)29-13-10-11-14-33(29)47-36)32-21-31-34(22-35(32)56-5)48(4)38-44(31)16-12-18-50-20-17-43(9-2,37(44)50)39(59-27(3)51)46(38,55)41(53)58-7/h10-11,13-14,21-22,28,37-39,47,54-55H,8-9,12,15-20,23-26H2,1-7H3/t28-,37+,38-,39+,42+,43-,44-,45+,46+/m1/s1. The van der Waals surface area contributed by atoms with Gasteiger partial charge < -0.3 is 39.0 Å². The highest BCUT2D eigenvalue weighted by Crippen LogP contribution is 2.69. The van der Waals surface area contributed by atoms with Crippen molar-refractivity contribution in [2.75, 3.05) is 66.0 Å². The number of hydrogen-bond acceptors (Lipinski definition) is 12. The average molecular weight is 813 g/mol. The lowest BCUT2D eigenvalue weighted by Gasteiger charge is -2.64. The fourth-order valence-electron chi connectivity index (χ4n) is 14.0. The molecule has 9 rings (SSSR count). The van der Waals surface area contributed by atoms with Gasteiger partial charge in [-0.1, -0.05) is 32.0 Å². The van der Waals surface area contributed by atoms with Crippen LogP contribution in [0.25, 0.3) is 10.9 Å². The van der Waals surface area contributed by atoms with E-state index in [9.17, 15) is 19.8 Å². The quantitative estimate of drug-likeness (QED) is 0.232. The van der Waals surface area contributed by atoms with Gasteiger partial charge in [0.25, 0.3) is 0 Å². The first-order valence-corrected chi connectivity index (χ1v) is 21.5. The summed E-state index contributed by atoms with van der Waals surface area (Å²) in [6, 6.07) is 11.1. The molecule has 6 aliphatic rings. The number of aromatic amines is 1. The van der Waals surface area contributed by atoms with E-state index in [2.05, 4.69) is 33.8 Å². The lowest BCUT2D eigenvalue weighted by atomic mass is 9.46. The zero-order chi connectivity index (χ0) is 41.9. The van der Waals surface area contributed by atoms with E-state index in [4.69, 9.17) is 18.9 Å². The number of H-pyrrole nitrogens is 1. The number of methoxy groups -OCH3 is 3. The summed E-state index contributed by atoms with van der Waals surface area (Å²) in [4.78, 5) is 53.3. The molecule has 2 bridgehead atoms. The molecule has 1 saturated carbocycles. The van der Waals surface area contributed by atoms with Crippen molar-refractivity contribution in [2.45, 2.75) is 112 Å². The summed E-state index contributed by atoms with van der Waals surface area (Å²) in [7, 11) is 6.21. The number of nitrogens with one attached hydrogen (secondary N) is 1. The molecule has 13 nitrogen and oxygen atoms in total. The van der Waals surface area contributed by atoms with E-state index in [1.54, 1.807) is 7.11 Å². The first-order chi connectivity index (χ1) is 28.2. The number of carbonyl (C=O) groups is 3. The molecular formula is C46H60N4O9. The number of fused-ring (bicyclic) bond motifs is 6. The maximum atomic E-state index is 15.3. The molecule has 318 valence electrons. The van der Waals surface area contributed by atoms with Crippen LogP contribution >= 0.6 is 0 Å². The number of ether oxygens (including phenoxy) is 4. The van der Waals surface area contributed by atoms with Gasteiger partial charge in [0, 0.05) is 84.4 Å². The summed E-state index contributed by atoms with van der Waals surface area (Å²) >= 11 is 0. The predicted octanol–water partition coefficient (Wildman–Crippen LogP) is 4.21. The first kappa shape index (κ1) is 40.2. The van der Waals surface area contributed by atoms with E-state index >= 15 is 4.79 Å². The molecule has 4 fully saturated rings. The van der Waals surface area contributed by atoms with E-state index in [-0.39, 0.29) is 12.0 Å². The smallest absolute Gasteiger partial charge is 0.344 e. The maximum absolute atomic E-state index is 15.3. The Kier molecular flexibility index (Phi) is 9.51. The second kappa shape index (κ2) is 13.9. The molecule has 3 aromatic rings. The van der Waals surface area contributed by atoms with Gasteiger partial charge in [-0.15, -0.1) is 0 Å². The van der Waals surface area contributed by atoms with Crippen molar-refractivity contribution < 1.29 is 43.5 Å². The summed E-state index contributed by atoms with van der Waals surface area (Å²) in [5.41, 5.74) is -1.21. The van der Waals surface area contributed by atoms with E-state index in [1.807, 2.05) is 43.1 Å². The van der Waals surface area contributed by atoms with E-state index in [0.717, 1.165) is 46.4 Å². The second-order valence-corrected chi connectivity index (χ2v) is 18.6. The molecule has 1 aliphatic carbocycles. The third-order valence-electron chi connectivity index (χ3n) is 16.0. The number of carbonyl (C=O) groups excluding carboxylic acids is 3. The third-order valence-corrected chi connectivity index (χ3v) is 16.0. The summed E-state index contributed by atoms with van der Waals surface area (Å²) in [6.45, 7) is 8.95. The highest BCUT2D eigenvalue weighted by Gasteiger charge is 2.80. The molecule has 3 saturated heterocycles. The van der Waals surface area contributed by atoms with Crippen molar-refractivity contribution in [3.8, 4) is 5.75 Å². The fourth-order valence-corrected chi connectivity index (χ4v) is 14.0. The van der Waals surface area contributed by atoms with E-state index in [0.29, 0.717) is 82.4 Å². The zero-order valence-electron chi connectivity index (χ0n) is 35.6. The molecule has 13 heteroatoms. The Labute approximate surface area is 346 Å². The Morgan fingerprint density at radius 1 is 0.915 bits per heavy atom. The number of hydrogen-bond donors (Lipinski definition) is 3. The third kappa shape index (κ3) is 5.26. The summed E-state index contributed by atoms with van der Waals surface area (Å²) in [5.74, 6) is -1.46. The van der Waals surface area contributed by atoms with Gasteiger partial charge in [-0.3, -0.25) is 19.4 Å². The van der Waals surface area contributed by atoms with Crippen LogP contribution in [0.3, 0.4) is 0 Å². The van der Waals surface area contributed by atoms with Crippen LogP contribution in [0, 0.1) is 11.3 Å². The number of aliphatic hydroxyl groups is 2. The van der Waals surface area contributed by atoms with E-state index < -0.39 is 57.5 Å². The topological polar surface area (TPSA) is 154 Å². The molecule has 1 aromatic heterocycles. The molecular weight excluding hydrogens is 753 g/mol. The lowest BCUT2D eigenvalue weighted by molar-refractivity contribution is -0.237. The Balaban J connectivity index is 1.36. The van der Waals surface area contributed by atoms with Crippen LogP contribution in [-0.4, -0.2) is 133 Å². The van der Waals surface area contributed by atoms with Crippen LogP contribution in [0.5, 0.6) is 5.75 Å². The minimum atomic E-state index is -2.25. The Bertz CT molecular complexity index is 2210. The largest absolute Gasteiger partial charge is 0.496 e. The highest BCUT2D eigenvalue weighted by molar-refractivity contribution is 5.95. The van der Waals surface area contributed by atoms with Crippen molar-refractivity contribution in [2.24, 2.45) is 11.3 Å². The van der Waals surface area contributed by atoms with Gasteiger partial charge >= 0.3 is 17.9 Å². The van der Waals surface area contributed by atoms with Gasteiger partial charge in [-0.05, 0) is 93.6 Å². The number of rotatable bonds is 7. The molecule has 10 atom stereocenters. The van der Waals surface area contributed by atoms with Gasteiger partial charge in [0.1, 0.15) is 11.2 Å². The Hall–Kier alpha value is -4.17. The molecule has 2 aromatic carbocycles. The van der Waals surface area contributed by atoms with Crippen molar-refractivity contribution in [1.82, 2.24) is 14.8 Å². The number of piperidine rings is 2. The van der Waals surface area contributed by atoms with Crippen molar-refractivity contribution in [3.63, 3.8) is 0 Å². The number of nitrogens with zero attached hydrogens (tertiary/aromatic N) is 3. The molecule has 1 unspecified atom stereocenters. The van der Waals surface area contributed by atoms with Crippen molar-refractivity contribution in [3.05, 3.63) is 58.8 Å². The molecule has 6 heterocycles. The van der Waals surface area contributed by atoms with Gasteiger partial charge in [0.2, 0.25) is 5.60 Å². The maximum Gasteiger partial charge on any atom is 0.344 e.